The number of rotatable bonds is 6. The van der Waals surface area contributed by atoms with Crippen molar-refractivity contribution in [2.24, 2.45) is 5.92 Å². The van der Waals surface area contributed by atoms with Crippen LogP contribution in [0.15, 0.2) is 24.3 Å². The largest absolute Gasteiger partial charge is 0.333 e. The summed E-state index contributed by atoms with van der Waals surface area (Å²) in [6.45, 7) is 2.02. The lowest BCUT2D eigenvalue weighted by molar-refractivity contribution is -0.138. The molecule has 0 saturated heterocycles. The monoisotopic (exact) mass is 354 g/mol. The maximum Gasteiger partial charge on any atom is 0.244 e. The normalized spacial score (nSPS) is 16.6. The molecule has 1 aromatic carbocycles. The molecule has 7 heteroatoms. The SMILES string of the molecule is CCCN(CC(=O)Nc1ccc(F)c(F)c1F)C(=O)[C@@H]1CC=CCC1. The number of carbonyl (C=O) groups excluding carboxylic acids is 2. The quantitative estimate of drug-likeness (QED) is 0.626. The van der Waals surface area contributed by atoms with Crippen molar-refractivity contribution in [3.8, 4) is 0 Å². The van der Waals surface area contributed by atoms with Gasteiger partial charge in [0, 0.05) is 12.5 Å². The Balaban J connectivity index is 2.03. The van der Waals surface area contributed by atoms with Gasteiger partial charge in [0.2, 0.25) is 11.8 Å². The van der Waals surface area contributed by atoms with E-state index in [2.05, 4.69) is 5.32 Å². The fourth-order valence-electron chi connectivity index (χ4n) is 2.80. The van der Waals surface area contributed by atoms with E-state index < -0.39 is 29.0 Å². The Bertz CT molecular complexity index is 677. The highest BCUT2D eigenvalue weighted by molar-refractivity contribution is 5.95. The summed E-state index contributed by atoms with van der Waals surface area (Å²) in [6, 6.07) is 1.68. The molecule has 0 aliphatic heterocycles. The molecule has 0 bridgehead atoms. The standard InChI is InChI=1S/C18H21F3N2O2/c1-2-10-23(18(25)12-6-4-3-5-7-12)11-15(24)22-14-9-8-13(19)16(20)17(14)21/h3-4,8-9,12H,2,5-7,10-11H2,1H3,(H,22,24)/t12-/m1/s1. The van der Waals surface area contributed by atoms with E-state index >= 15 is 0 Å². The number of benzene rings is 1. The smallest absolute Gasteiger partial charge is 0.244 e. The second-order valence-corrected chi connectivity index (χ2v) is 6.01. The van der Waals surface area contributed by atoms with Crippen LogP contribution in [0.5, 0.6) is 0 Å². The van der Waals surface area contributed by atoms with Crippen LogP contribution in [-0.4, -0.2) is 29.8 Å². The Morgan fingerprint density at radius 2 is 1.96 bits per heavy atom. The second kappa shape index (κ2) is 8.69. The van der Waals surface area contributed by atoms with Crippen LogP contribution in [0.25, 0.3) is 0 Å². The minimum atomic E-state index is -1.65. The van der Waals surface area contributed by atoms with Gasteiger partial charge in [-0.25, -0.2) is 13.2 Å². The molecule has 25 heavy (non-hydrogen) atoms. The number of carbonyl (C=O) groups is 2. The molecule has 0 fully saturated rings. The van der Waals surface area contributed by atoms with E-state index in [1.165, 1.54) is 4.90 Å². The van der Waals surface area contributed by atoms with E-state index in [0.717, 1.165) is 25.0 Å². The van der Waals surface area contributed by atoms with E-state index in [1.807, 2.05) is 19.1 Å². The lowest BCUT2D eigenvalue weighted by Crippen LogP contribution is -2.42. The molecule has 1 aliphatic carbocycles. The molecule has 1 aromatic rings. The molecule has 0 spiro atoms. The highest BCUT2D eigenvalue weighted by Gasteiger charge is 2.26. The highest BCUT2D eigenvalue weighted by Crippen LogP contribution is 2.22. The molecule has 0 radical (unpaired) electrons. The van der Waals surface area contributed by atoms with Crippen LogP contribution in [0, 0.1) is 23.4 Å². The van der Waals surface area contributed by atoms with Gasteiger partial charge in [0.25, 0.3) is 0 Å². The summed E-state index contributed by atoms with van der Waals surface area (Å²) in [7, 11) is 0. The molecular weight excluding hydrogens is 333 g/mol. The molecule has 0 unspecified atom stereocenters. The van der Waals surface area contributed by atoms with Gasteiger partial charge in [-0.1, -0.05) is 19.1 Å². The number of amides is 2. The fraction of sp³-hybridized carbons (Fsp3) is 0.444. The van der Waals surface area contributed by atoms with Crippen LogP contribution >= 0.6 is 0 Å². The molecule has 0 aromatic heterocycles. The van der Waals surface area contributed by atoms with E-state index in [0.29, 0.717) is 19.4 Å². The molecule has 136 valence electrons. The summed E-state index contributed by atoms with van der Waals surface area (Å²) in [4.78, 5) is 26.1. The number of allylic oxidation sites excluding steroid dienone is 2. The molecule has 2 amide bonds. The third-order valence-corrected chi connectivity index (χ3v) is 4.07. The fourth-order valence-corrected chi connectivity index (χ4v) is 2.80. The van der Waals surface area contributed by atoms with Crippen LogP contribution in [0.4, 0.5) is 18.9 Å². The zero-order chi connectivity index (χ0) is 18.4. The predicted molar refractivity (Wildman–Crippen MR) is 88.3 cm³/mol. The number of hydrogen-bond donors (Lipinski definition) is 1. The summed E-state index contributed by atoms with van der Waals surface area (Å²) >= 11 is 0. The van der Waals surface area contributed by atoms with E-state index in [-0.39, 0.29) is 18.4 Å². The minimum absolute atomic E-state index is 0.118. The number of halogens is 3. The summed E-state index contributed by atoms with van der Waals surface area (Å²) in [6.07, 6.45) is 6.83. The topological polar surface area (TPSA) is 49.4 Å². The Morgan fingerprint density at radius 3 is 2.60 bits per heavy atom. The number of hydrogen-bond acceptors (Lipinski definition) is 2. The van der Waals surface area contributed by atoms with Crippen molar-refractivity contribution in [2.45, 2.75) is 32.6 Å². The average Bonchev–Trinajstić information content (AvgIpc) is 2.62. The van der Waals surface area contributed by atoms with Crippen molar-refractivity contribution in [1.82, 2.24) is 4.90 Å². The van der Waals surface area contributed by atoms with Gasteiger partial charge in [0.05, 0.1) is 12.2 Å². The Morgan fingerprint density at radius 1 is 1.20 bits per heavy atom. The molecule has 2 rings (SSSR count). The first-order chi connectivity index (χ1) is 11.9. The van der Waals surface area contributed by atoms with Gasteiger partial charge in [-0.05, 0) is 37.8 Å². The van der Waals surface area contributed by atoms with Gasteiger partial charge in [0.1, 0.15) is 0 Å². The van der Waals surface area contributed by atoms with Crippen LogP contribution in [0.1, 0.15) is 32.6 Å². The Labute approximate surface area is 144 Å². The Kier molecular flexibility index (Phi) is 6.61. The zero-order valence-corrected chi connectivity index (χ0v) is 14.0. The maximum absolute atomic E-state index is 13.6. The lowest BCUT2D eigenvalue weighted by atomic mass is 9.93. The zero-order valence-electron chi connectivity index (χ0n) is 14.0. The number of anilines is 1. The van der Waals surface area contributed by atoms with Gasteiger partial charge < -0.3 is 10.2 Å². The van der Waals surface area contributed by atoms with Crippen LogP contribution in [0.2, 0.25) is 0 Å². The maximum atomic E-state index is 13.6. The average molecular weight is 354 g/mol. The van der Waals surface area contributed by atoms with Crippen molar-refractivity contribution in [2.75, 3.05) is 18.4 Å². The first kappa shape index (κ1) is 19.0. The third kappa shape index (κ3) is 4.84. The molecule has 1 atom stereocenters. The third-order valence-electron chi connectivity index (χ3n) is 4.07. The molecule has 0 saturated carbocycles. The predicted octanol–water partition coefficient (Wildman–Crippen LogP) is 3.64. The van der Waals surface area contributed by atoms with Crippen LogP contribution in [-0.2, 0) is 9.59 Å². The number of nitrogens with zero attached hydrogens (tertiary/aromatic N) is 1. The minimum Gasteiger partial charge on any atom is -0.333 e. The first-order valence-corrected chi connectivity index (χ1v) is 8.31. The van der Waals surface area contributed by atoms with E-state index in [1.54, 1.807) is 0 Å². The molecule has 0 heterocycles. The van der Waals surface area contributed by atoms with Crippen molar-refractivity contribution in [3.05, 3.63) is 41.7 Å². The van der Waals surface area contributed by atoms with E-state index in [4.69, 9.17) is 0 Å². The van der Waals surface area contributed by atoms with Crippen molar-refractivity contribution in [3.63, 3.8) is 0 Å². The number of nitrogens with one attached hydrogen (secondary N) is 1. The van der Waals surface area contributed by atoms with Crippen molar-refractivity contribution >= 4 is 17.5 Å². The first-order valence-electron chi connectivity index (χ1n) is 8.31. The highest BCUT2D eigenvalue weighted by atomic mass is 19.2. The molecule has 1 aliphatic rings. The molecule has 4 nitrogen and oxygen atoms in total. The molecular formula is C18H21F3N2O2. The second-order valence-electron chi connectivity index (χ2n) is 6.01. The van der Waals surface area contributed by atoms with Crippen molar-refractivity contribution in [1.29, 1.82) is 0 Å². The van der Waals surface area contributed by atoms with Crippen molar-refractivity contribution < 1.29 is 22.8 Å². The van der Waals surface area contributed by atoms with Gasteiger partial charge >= 0.3 is 0 Å². The van der Waals surface area contributed by atoms with Gasteiger partial charge in [-0.15, -0.1) is 0 Å². The van der Waals surface area contributed by atoms with Gasteiger partial charge in [-0.3, -0.25) is 9.59 Å². The van der Waals surface area contributed by atoms with Gasteiger partial charge in [-0.2, -0.15) is 0 Å². The summed E-state index contributed by atoms with van der Waals surface area (Å²) < 4.78 is 39.8. The van der Waals surface area contributed by atoms with Crippen LogP contribution in [0.3, 0.4) is 0 Å². The Hall–Kier alpha value is -2.31. The summed E-state index contributed by atoms with van der Waals surface area (Å²) in [5.41, 5.74) is -0.451. The molecule has 1 N–H and O–H groups in total. The van der Waals surface area contributed by atoms with Gasteiger partial charge in [0.15, 0.2) is 17.5 Å². The summed E-state index contributed by atoms with van der Waals surface area (Å²) in [5, 5.41) is 2.20. The lowest BCUT2D eigenvalue weighted by Gasteiger charge is -2.27. The summed E-state index contributed by atoms with van der Waals surface area (Å²) in [5.74, 6) is -5.37. The van der Waals surface area contributed by atoms with Crippen LogP contribution < -0.4 is 5.32 Å². The van der Waals surface area contributed by atoms with E-state index in [9.17, 15) is 22.8 Å².